The first kappa shape index (κ1) is 12.7. The Kier molecular flexibility index (Phi) is 2.95. The molecule has 0 radical (unpaired) electrons. The maximum atomic E-state index is 12.6. The van der Waals surface area contributed by atoms with Crippen molar-refractivity contribution in [1.82, 2.24) is 9.55 Å². The second kappa shape index (κ2) is 4.65. The molecule has 1 heterocycles. The lowest BCUT2D eigenvalue weighted by Crippen LogP contribution is -2.23. The summed E-state index contributed by atoms with van der Waals surface area (Å²) in [6.07, 6.45) is 0. The molecule has 0 amide bonds. The molecule has 0 spiro atoms. The fourth-order valence-electron chi connectivity index (χ4n) is 2.24. The van der Waals surface area contributed by atoms with E-state index in [1.54, 1.807) is 37.3 Å². The first-order chi connectivity index (χ1) is 9.58. The minimum atomic E-state index is -0.151. The molecular weight excluding hydrogens is 274 g/mol. The van der Waals surface area contributed by atoms with Gasteiger partial charge in [0.2, 0.25) is 0 Å². The molecule has 100 valence electrons. The standard InChI is InChI=1S/C15H12ClN3O/c1-9-18-13-8-10(16)6-7-11(13)15(20)19(9)14-5-3-2-4-12(14)17/h2-8H,17H2,1H3. The van der Waals surface area contributed by atoms with E-state index in [4.69, 9.17) is 17.3 Å². The van der Waals surface area contributed by atoms with Gasteiger partial charge in [0.1, 0.15) is 5.82 Å². The zero-order valence-corrected chi connectivity index (χ0v) is 11.6. The van der Waals surface area contributed by atoms with E-state index < -0.39 is 0 Å². The number of hydrogen-bond donors (Lipinski definition) is 1. The van der Waals surface area contributed by atoms with Crippen LogP contribution in [0.2, 0.25) is 5.02 Å². The van der Waals surface area contributed by atoms with Gasteiger partial charge in [0.15, 0.2) is 0 Å². The Bertz CT molecular complexity index is 871. The lowest BCUT2D eigenvalue weighted by Gasteiger charge is -2.12. The normalized spacial score (nSPS) is 10.9. The van der Waals surface area contributed by atoms with Crippen molar-refractivity contribution in [1.29, 1.82) is 0 Å². The number of aryl methyl sites for hydroxylation is 1. The molecule has 1 aromatic heterocycles. The van der Waals surface area contributed by atoms with Gasteiger partial charge in [-0.25, -0.2) is 4.98 Å². The van der Waals surface area contributed by atoms with Crippen molar-refractivity contribution < 1.29 is 0 Å². The smallest absolute Gasteiger partial charge is 0.266 e. The number of fused-ring (bicyclic) bond motifs is 1. The second-order valence-electron chi connectivity index (χ2n) is 4.52. The summed E-state index contributed by atoms with van der Waals surface area (Å²) >= 11 is 5.94. The highest BCUT2D eigenvalue weighted by Gasteiger charge is 2.11. The van der Waals surface area contributed by atoms with Crippen LogP contribution in [0, 0.1) is 6.92 Å². The number of nitrogens with two attached hydrogens (primary N) is 1. The number of nitrogen functional groups attached to an aromatic ring is 1. The molecule has 3 rings (SSSR count). The molecule has 3 aromatic rings. The molecule has 0 atom stereocenters. The maximum Gasteiger partial charge on any atom is 0.266 e. The molecule has 0 unspecified atom stereocenters. The van der Waals surface area contributed by atoms with Crippen LogP contribution in [0.1, 0.15) is 5.82 Å². The molecule has 5 heteroatoms. The molecule has 4 nitrogen and oxygen atoms in total. The highest BCUT2D eigenvalue weighted by molar-refractivity contribution is 6.31. The van der Waals surface area contributed by atoms with E-state index in [0.717, 1.165) is 0 Å². The number of nitrogens with zero attached hydrogens (tertiary/aromatic N) is 2. The largest absolute Gasteiger partial charge is 0.397 e. The summed E-state index contributed by atoms with van der Waals surface area (Å²) in [6, 6.07) is 12.3. The number of para-hydroxylation sites is 2. The fourth-order valence-corrected chi connectivity index (χ4v) is 2.41. The number of rotatable bonds is 1. The van der Waals surface area contributed by atoms with Crippen LogP contribution in [-0.2, 0) is 0 Å². The first-order valence-electron chi connectivity index (χ1n) is 6.12. The van der Waals surface area contributed by atoms with Crippen molar-refractivity contribution >= 4 is 28.2 Å². The van der Waals surface area contributed by atoms with Crippen LogP contribution in [-0.4, -0.2) is 9.55 Å². The monoisotopic (exact) mass is 285 g/mol. The Morgan fingerprint density at radius 1 is 1.20 bits per heavy atom. The highest BCUT2D eigenvalue weighted by atomic mass is 35.5. The van der Waals surface area contributed by atoms with Gasteiger partial charge in [-0.15, -0.1) is 0 Å². The van der Waals surface area contributed by atoms with Crippen LogP contribution in [0.25, 0.3) is 16.6 Å². The van der Waals surface area contributed by atoms with Crippen LogP contribution in [0.4, 0.5) is 5.69 Å². The first-order valence-corrected chi connectivity index (χ1v) is 6.49. The predicted molar refractivity (Wildman–Crippen MR) is 81.5 cm³/mol. The molecule has 0 bridgehead atoms. The Balaban J connectivity index is 2.41. The zero-order chi connectivity index (χ0) is 14.3. The van der Waals surface area contributed by atoms with Crippen molar-refractivity contribution in [3.05, 3.63) is 63.7 Å². The van der Waals surface area contributed by atoms with E-state index in [-0.39, 0.29) is 5.56 Å². The lowest BCUT2D eigenvalue weighted by atomic mass is 10.2. The third-order valence-corrected chi connectivity index (χ3v) is 3.41. The van der Waals surface area contributed by atoms with E-state index in [1.165, 1.54) is 4.57 Å². The summed E-state index contributed by atoms with van der Waals surface area (Å²) in [6.45, 7) is 1.77. The highest BCUT2D eigenvalue weighted by Crippen LogP contribution is 2.19. The summed E-state index contributed by atoms with van der Waals surface area (Å²) in [5.74, 6) is 0.572. The van der Waals surface area contributed by atoms with E-state index in [0.29, 0.717) is 33.1 Å². The third-order valence-electron chi connectivity index (χ3n) is 3.18. The van der Waals surface area contributed by atoms with Crippen LogP contribution in [0.15, 0.2) is 47.3 Å². The minimum absolute atomic E-state index is 0.151. The van der Waals surface area contributed by atoms with Crippen molar-refractivity contribution in [3.63, 3.8) is 0 Å². The van der Waals surface area contributed by atoms with Gasteiger partial charge in [0.05, 0.1) is 22.3 Å². The molecular formula is C15H12ClN3O. The van der Waals surface area contributed by atoms with E-state index in [2.05, 4.69) is 4.98 Å². The topological polar surface area (TPSA) is 60.9 Å². The maximum absolute atomic E-state index is 12.6. The van der Waals surface area contributed by atoms with E-state index in [9.17, 15) is 4.79 Å². The molecule has 0 aliphatic heterocycles. The molecule has 20 heavy (non-hydrogen) atoms. The van der Waals surface area contributed by atoms with Crippen molar-refractivity contribution in [3.8, 4) is 5.69 Å². The number of anilines is 1. The van der Waals surface area contributed by atoms with Crippen LogP contribution in [0.3, 0.4) is 0 Å². The number of hydrogen-bond acceptors (Lipinski definition) is 3. The number of aromatic nitrogens is 2. The number of benzene rings is 2. The van der Waals surface area contributed by atoms with Gasteiger partial charge >= 0.3 is 0 Å². The van der Waals surface area contributed by atoms with Crippen LogP contribution in [0.5, 0.6) is 0 Å². The summed E-state index contributed by atoms with van der Waals surface area (Å²) in [5.41, 5.74) is 7.56. The Morgan fingerprint density at radius 3 is 2.70 bits per heavy atom. The van der Waals surface area contributed by atoms with Crippen LogP contribution >= 0.6 is 11.6 Å². The van der Waals surface area contributed by atoms with Gasteiger partial charge in [-0.3, -0.25) is 9.36 Å². The van der Waals surface area contributed by atoms with Gasteiger partial charge in [0, 0.05) is 5.02 Å². The minimum Gasteiger partial charge on any atom is -0.397 e. The summed E-state index contributed by atoms with van der Waals surface area (Å²) < 4.78 is 1.52. The Hall–Kier alpha value is -2.33. The molecule has 0 saturated heterocycles. The van der Waals surface area contributed by atoms with Gasteiger partial charge < -0.3 is 5.73 Å². The summed E-state index contributed by atoms with van der Waals surface area (Å²) in [5, 5.41) is 1.07. The van der Waals surface area contributed by atoms with Gasteiger partial charge in [0.25, 0.3) is 5.56 Å². The third kappa shape index (κ3) is 1.94. The van der Waals surface area contributed by atoms with E-state index in [1.807, 2.05) is 12.1 Å². The molecule has 0 fully saturated rings. The summed E-state index contributed by atoms with van der Waals surface area (Å²) in [4.78, 5) is 17.1. The second-order valence-corrected chi connectivity index (χ2v) is 4.96. The Labute approximate surface area is 120 Å². The molecule has 2 N–H and O–H groups in total. The van der Waals surface area contributed by atoms with Crippen molar-refractivity contribution in [2.24, 2.45) is 0 Å². The summed E-state index contributed by atoms with van der Waals surface area (Å²) in [7, 11) is 0. The van der Waals surface area contributed by atoms with Gasteiger partial charge in [-0.2, -0.15) is 0 Å². The van der Waals surface area contributed by atoms with Gasteiger partial charge in [-0.1, -0.05) is 23.7 Å². The van der Waals surface area contributed by atoms with Gasteiger partial charge in [-0.05, 0) is 37.3 Å². The molecule has 0 aliphatic rings. The SMILES string of the molecule is Cc1nc2cc(Cl)ccc2c(=O)n1-c1ccccc1N. The van der Waals surface area contributed by atoms with Crippen molar-refractivity contribution in [2.45, 2.75) is 6.92 Å². The number of halogens is 1. The average Bonchev–Trinajstić information content (AvgIpc) is 2.40. The molecule has 0 saturated carbocycles. The fraction of sp³-hybridized carbons (Fsp3) is 0.0667. The quantitative estimate of drug-likeness (QED) is 0.699. The Morgan fingerprint density at radius 2 is 1.95 bits per heavy atom. The lowest BCUT2D eigenvalue weighted by molar-refractivity contribution is 0.897. The zero-order valence-electron chi connectivity index (χ0n) is 10.8. The van der Waals surface area contributed by atoms with E-state index >= 15 is 0 Å². The molecule has 2 aromatic carbocycles. The van der Waals surface area contributed by atoms with Crippen molar-refractivity contribution in [2.75, 3.05) is 5.73 Å². The molecule has 0 aliphatic carbocycles. The predicted octanol–water partition coefficient (Wildman–Crippen LogP) is 2.93. The average molecular weight is 286 g/mol. The van der Waals surface area contributed by atoms with Crippen LogP contribution < -0.4 is 11.3 Å².